The Hall–Kier alpha value is -1.26. The Kier molecular flexibility index (Phi) is 3.26. The third-order valence-electron chi connectivity index (χ3n) is 4.11. The van der Waals surface area contributed by atoms with Crippen LogP contribution in [-0.2, 0) is 4.79 Å². The highest BCUT2D eigenvalue weighted by Crippen LogP contribution is 2.35. The fraction of sp³-hybridized carbons (Fsp3) is 0.833. The van der Waals surface area contributed by atoms with Gasteiger partial charge < -0.3 is 15.8 Å². The van der Waals surface area contributed by atoms with Gasteiger partial charge in [-0.3, -0.25) is 4.79 Å². The average molecular weight is 239 g/mol. The molecule has 1 heterocycles. The summed E-state index contributed by atoms with van der Waals surface area (Å²) in [6.07, 6.45) is 4.68. The number of rotatable bonds is 3. The van der Waals surface area contributed by atoms with Crippen LogP contribution in [0.15, 0.2) is 5.16 Å². The molecule has 0 aromatic carbocycles. The van der Waals surface area contributed by atoms with E-state index in [-0.39, 0.29) is 17.2 Å². The zero-order valence-corrected chi connectivity index (χ0v) is 10.4. The Balaban J connectivity index is 1.86. The summed E-state index contributed by atoms with van der Waals surface area (Å²) in [7, 11) is 0. The van der Waals surface area contributed by atoms with E-state index in [9.17, 15) is 4.79 Å². The molecule has 2 aliphatic rings. The first-order valence-electron chi connectivity index (χ1n) is 6.31. The first-order chi connectivity index (χ1) is 8.05. The number of amidine groups is 1. The van der Waals surface area contributed by atoms with Crippen molar-refractivity contribution >= 4 is 11.7 Å². The molecule has 5 heteroatoms. The lowest BCUT2D eigenvalue weighted by atomic mass is 9.79. The molecule has 2 fully saturated rings. The van der Waals surface area contributed by atoms with Crippen LogP contribution in [0.5, 0.6) is 0 Å². The topological polar surface area (TPSA) is 78.9 Å². The number of oxime groups is 1. The average Bonchev–Trinajstić information content (AvgIpc) is 3.12. The Morgan fingerprint density at radius 1 is 1.47 bits per heavy atom. The molecule has 17 heavy (non-hydrogen) atoms. The Morgan fingerprint density at radius 3 is 2.53 bits per heavy atom. The minimum Gasteiger partial charge on any atom is -0.409 e. The maximum Gasteiger partial charge on any atom is 0.222 e. The lowest BCUT2D eigenvalue weighted by molar-refractivity contribution is -0.133. The van der Waals surface area contributed by atoms with E-state index in [1.165, 1.54) is 12.8 Å². The van der Waals surface area contributed by atoms with Gasteiger partial charge in [0, 0.05) is 24.9 Å². The fourth-order valence-corrected chi connectivity index (χ4v) is 2.32. The second-order valence-electron chi connectivity index (χ2n) is 5.57. The van der Waals surface area contributed by atoms with Crippen molar-refractivity contribution in [2.75, 3.05) is 13.1 Å². The summed E-state index contributed by atoms with van der Waals surface area (Å²) in [4.78, 5) is 13.8. The molecule has 0 bridgehead atoms. The van der Waals surface area contributed by atoms with E-state index in [1.807, 2.05) is 11.8 Å². The second kappa shape index (κ2) is 4.55. The van der Waals surface area contributed by atoms with E-state index >= 15 is 0 Å². The van der Waals surface area contributed by atoms with Crippen LogP contribution < -0.4 is 5.73 Å². The quantitative estimate of drug-likeness (QED) is 0.336. The van der Waals surface area contributed by atoms with E-state index in [2.05, 4.69) is 5.16 Å². The number of hydrogen-bond acceptors (Lipinski definition) is 3. The lowest BCUT2D eigenvalue weighted by Gasteiger charge is -2.38. The van der Waals surface area contributed by atoms with Gasteiger partial charge in [-0.25, -0.2) is 0 Å². The van der Waals surface area contributed by atoms with E-state index in [1.54, 1.807) is 0 Å². The number of carbonyl (C=O) groups is 1. The highest BCUT2D eigenvalue weighted by Gasteiger charge is 2.36. The number of likely N-dealkylation sites (tertiary alicyclic amines) is 1. The minimum atomic E-state index is -0.259. The third kappa shape index (κ3) is 2.70. The number of carbonyl (C=O) groups excluding carboxylic acids is 1. The van der Waals surface area contributed by atoms with Crippen molar-refractivity contribution in [1.29, 1.82) is 0 Å². The summed E-state index contributed by atoms with van der Waals surface area (Å²) >= 11 is 0. The fourth-order valence-electron chi connectivity index (χ4n) is 2.32. The van der Waals surface area contributed by atoms with Gasteiger partial charge in [0.15, 0.2) is 0 Å². The number of nitrogens with two attached hydrogens (primary N) is 1. The molecule has 1 saturated carbocycles. The molecule has 0 atom stereocenters. The summed E-state index contributed by atoms with van der Waals surface area (Å²) in [5.41, 5.74) is 5.43. The predicted molar refractivity (Wildman–Crippen MR) is 64.7 cm³/mol. The predicted octanol–water partition coefficient (Wildman–Crippen LogP) is 1.16. The van der Waals surface area contributed by atoms with Crippen LogP contribution in [-0.4, -0.2) is 34.9 Å². The maximum atomic E-state index is 11.9. The second-order valence-corrected chi connectivity index (χ2v) is 5.57. The van der Waals surface area contributed by atoms with Crippen LogP contribution in [0.25, 0.3) is 0 Å². The first kappa shape index (κ1) is 12.2. The number of nitrogens with zero attached hydrogens (tertiary/aromatic N) is 2. The standard InChI is InChI=1S/C12H21N3O2/c1-12(11(13)14-17)4-6-15(7-5-12)10(16)8-9-2-3-9/h9,17H,2-8H2,1H3,(H2,13,14). The van der Waals surface area contributed by atoms with E-state index < -0.39 is 0 Å². The SMILES string of the molecule is CC1(C(N)=NO)CCN(C(=O)CC2CC2)CC1. The van der Waals surface area contributed by atoms with Gasteiger partial charge in [-0.1, -0.05) is 12.1 Å². The first-order valence-corrected chi connectivity index (χ1v) is 6.31. The van der Waals surface area contributed by atoms with Gasteiger partial charge in [-0.2, -0.15) is 0 Å². The monoisotopic (exact) mass is 239 g/mol. The van der Waals surface area contributed by atoms with Crippen LogP contribution in [0.1, 0.15) is 39.0 Å². The van der Waals surface area contributed by atoms with Crippen LogP contribution in [0, 0.1) is 11.3 Å². The van der Waals surface area contributed by atoms with Gasteiger partial charge >= 0.3 is 0 Å². The van der Waals surface area contributed by atoms with E-state index in [0.717, 1.165) is 25.9 Å². The molecule has 1 saturated heterocycles. The van der Waals surface area contributed by atoms with Gasteiger partial charge in [-0.15, -0.1) is 0 Å². The van der Waals surface area contributed by atoms with Gasteiger partial charge in [0.2, 0.25) is 5.91 Å². The summed E-state index contributed by atoms with van der Waals surface area (Å²) in [5, 5.41) is 11.8. The molecule has 1 aliphatic carbocycles. The molecule has 96 valence electrons. The van der Waals surface area contributed by atoms with Crippen molar-refractivity contribution in [3.05, 3.63) is 0 Å². The van der Waals surface area contributed by atoms with Gasteiger partial charge in [0.25, 0.3) is 0 Å². The third-order valence-corrected chi connectivity index (χ3v) is 4.11. The molecule has 0 unspecified atom stereocenters. The smallest absolute Gasteiger partial charge is 0.222 e. The van der Waals surface area contributed by atoms with Gasteiger partial charge in [0.05, 0.1) is 0 Å². The van der Waals surface area contributed by atoms with Crippen molar-refractivity contribution in [3.63, 3.8) is 0 Å². The van der Waals surface area contributed by atoms with Crippen molar-refractivity contribution in [2.45, 2.75) is 39.0 Å². The zero-order valence-electron chi connectivity index (χ0n) is 10.4. The number of hydrogen-bond donors (Lipinski definition) is 2. The van der Waals surface area contributed by atoms with Crippen LogP contribution in [0.2, 0.25) is 0 Å². The van der Waals surface area contributed by atoms with Gasteiger partial charge in [0.1, 0.15) is 5.84 Å². The Bertz CT molecular complexity index is 329. The normalized spacial score (nSPS) is 24.8. The van der Waals surface area contributed by atoms with E-state index in [0.29, 0.717) is 12.3 Å². The van der Waals surface area contributed by atoms with Crippen molar-refractivity contribution in [1.82, 2.24) is 4.90 Å². The summed E-state index contributed by atoms with van der Waals surface area (Å²) in [6, 6.07) is 0. The van der Waals surface area contributed by atoms with Crippen LogP contribution in [0.4, 0.5) is 0 Å². The molecule has 0 aromatic rings. The summed E-state index contributed by atoms with van der Waals surface area (Å²) in [5.74, 6) is 1.20. The largest absolute Gasteiger partial charge is 0.409 e. The molecule has 3 N–H and O–H groups in total. The van der Waals surface area contributed by atoms with Crippen LogP contribution >= 0.6 is 0 Å². The highest BCUT2D eigenvalue weighted by molar-refractivity contribution is 5.86. The molecule has 1 amide bonds. The number of piperidine rings is 1. The summed E-state index contributed by atoms with van der Waals surface area (Å²) < 4.78 is 0. The Morgan fingerprint density at radius 2 is 2.06 bits per heavy atom. The van der Waals surface area contributed by atoms with Gasteiger partial charge in [-0.05, 0) is 31.6 Å². The summed E-state index contributed by atoms with van der Waals surface area (Å²) in [6.45, 7) is 3.43. The molecule has 1 aliphatic heterocycles. The molecule has 0 spiro atoms. The lowest BCUT2D eigenvalue weighted by Crippen LogP contribution is -2.47. The zero-order chi connectivity index (χ0) is 12.5. The number of amides is 1. The van der Waals surface area contributed by atoms with Crippen LogP contribution in [0.3, 0.4) is 0 Å². The Labute approximate surface area is 102 Å². The molecular formula is C12H21N3O2. The maximum absolute atomic E-state index is 11.9. The van der Waals surface area contributed by atoms with Crippen molar-refractivity contribution in [3.8, 4) is 0 Å². The molecule has 0 aromatic heterocycles. The molecular weight excluding hydrogens is 218 g/mol. The van der Waals surface area contributed by atoms with Crippen molar-refractivity contribution < 1.29 is 10.0 Å². The highest BCUT2D eigenvalue weighted by atomic mass is 16.4. The minimum absolute atomic E-state index is 0.259. The van der Waals surface area contributed by atoms with Crippen molar-refractivity contribution in [2.24, 2.45) is 22.2 Å². The molecule has 0 radical (unpaired) electrons. The molecule has 5 nitrogen and oxygen atoms in total. The molecule has 2 rings (SSSR count). The van der Waals surface area contributed by atoms with E-state index in [4.69, 9.17) is 10.9 Å².